The molecule has 8 atom stereocenters. The van der Waals surface area contributed by atoms with Crippen molar-refractivity contribution in [3.63, 3.8) is 0 Å². The standard InChI is InChI=1S/C40H47N5O4/c1-35(2)13-15-40(34(49)45-21-26(44-22-45)25-18-23(33(42)48)10-17-43-25)16-14-39(7)32(31(40)24(35)20-41)27(46)19-29-37(5)11-9-30(47)36(3,4)28(37)8-12-38(29,39)6/h9-11,17-19,21-22,24,28,31-32H,8,12-16H2,1-7H3,(H2,42,48)/t24?,28?,31?,32-,37+,38-,39-,40+/m1/s1. The second-order valence-corrected chi connectivity index (χ2v) is 17.5. The second kappa shape index (κ2) is 10.4. The molecule has 0 spiro atoms. The summed E-state index contributed by atoms with van der Waals surface area (Å²) in [6, 6.07) is 5.73. The van der Waals surface area contributed by atoms with Gasteiger partial charge < -0.3 is 5.73 Å². The molecule has 3 fully saturated rings. The molecule has 0 aliphatic heterocycles. The molecule has 49 heavy (non-hydrogen) atoms. The van der Waals surface area contributed by atoms with Crippen LogP contribution in [0.15, 0.2) is 54.7 Å². The summed E-state index contributed by atoms with van der Waals surface area (Å²) in [6.45, 7) is 15.0. The number of hydrogen-bond acceptors (Lipinski definition) is 7. The van der Waals surface area contributed by atoms with Crippen LogP contribution in [0.25, 0.3) is 11.4 Å². The SMILES string of the molecule is CC1(C)CC[C@]2(C(=O)n3cnc(-c4cc(C(N)=O)ccn4)c3)CC[C@]3(C)[C@H](C(=O)C=C4[C@@]5(C)C=CC(=O)C(C)(C)C5CC[C@]43C)C2C1C#N. The molecule has 0 radical (unpaired) electrons. The number of rotatable bonds is 3. The van der Waals surface area contributed by atoms with Crippen molar-refractivity contribution in [2.45, 2.75) is 87.0 Å². The fourth-order valence-corrected chi connectivity index (χ4v) is 11.5. The Morgan fingerprint density at radius 2 is 1.69 bits per heavy atom. The molecule has 2 aromatic heterocycles. The summed E-state index contributed by atoms with van der Waals surface area (Å²) in [5.41, 5.74) is 4.53. The number of aromatic nitrogens is 3. The van der Waals surface area contributed by atoms with Crippen LogP contribution in [0.3, 0.4) is 0 Å². The quantitative estimate of drug-likeness (QED) is 0.382. The summed E-state index contributed by atoms with van der Waals surface area (Å²) >= 11 is 0. The predicted octanol–water partition coefficient (Wildman–Crippen LogP) is 6.76. The molecular formula is C40H47N5O4. The van der Waals surface area contributed by atoms with Crippen molar-refractivity contribution in [1.29, 1.82) is 5.26 Å². The molecule has 5 aliphatic rings. The topological polar surface area (TPSA) is 149 Å². The van der Waals surface area contributed by atoms with E-state index >= 15 is 0 Å². The Balaban J connectivity index is 1.35. The van der Waals surface area contributed by atoms with E-state index in [2.05, 4.69) is 56.7 Å². The average molecular weight is 662 g/mol. The van der Waals surface area contributed by atoms with E-state index in [1.54, 1.807) is 18.3 Å². The molecule has 2 heterocycles. The van der Waals surface area contributed by atoms with Gasteiger partial charge in [-0.15, -0.1) is 0 Å². The van der Waals surface area contributed by atoms with Crippen LogP contribution in [-0.2, 0) is 9.59 Å². The number of nitrogens with two attached hydrogens (primary N) is 1. The van der Waals surface area contributed by atoms with Gasteiger partial charge in [0.2, 0.25) is 11.8 Å². The highest BCUT2D eigenvalue weighted by molar-refractivity contribution is 5.99. The van der Waals surface area contributed by atoms with Crippen molar-refractivity contribution in [3.05, 3.63) is 60.2 Å². The second-order valence-electron chi connectivity index (χ2n) is 17.5. The van der Waals surface area contributed by atoms with Gasteiger partial charge in [-0.05, 0) is 85.0 Å². The number of fused-ring (bicyclic) bond motifs is 7. The first kappa shape index (κ1) is 33.3. The molecule has 256 valence electrons. The molecule has 0 saturated heterocycles. The number of ketones is 2. The third-order valence-corrected chi connectivity index (χ3v) is 14.7. The van der Waals surface area contributed by atoms with Crippen molar-refractivity contribution >= 4 is 23.4 Å². The molecule has 7 rings (SSSR count). The maximum Gasteiger partial charge on any atom is 0.248 e. The van der Waals surface area contributed by atoms with Gasteiger partial charge in [-0.2, -0.15) is 5.26 Å². The van der Waals surface area contributed by atoms with Crippen LogP contribution < -0.4 is 5.73 Å². The molecule has 5 aliphatic carbocycles. The van der Waals surface area contributed by atoms with E-state index < -0.39 is 50.7 Å². The fourth-order valence-electron chi connectivity index (χ4n) is 11.5. The fraction of sp³-hybridized carbons (Fsp3) is 0.575. The lowest BCUT2D eigenvalue weighted by atomic mass is 9.33. The first-order valence-corrected chi connectivity index (χ1v) is 17.6. The summed E-state index contributed by atoms with van der Waals surface area (Å²) in [6.07, 6.45) is 14.4. The molecule has 0 bridgehead atoms. The van der Waals surface area contributed by atoms with E-state index in [0.29, 0.717) is 42.6 Å². The van der Waals surface area contributed by atoms with Crippen LogP contribution in [0, 0.1) is 67.5 Å². The van der Waals surface area contributed by atoms with Crippen LogP contribution in [0.4, 0.5) is 0 Å². The Labute approximate surface area is 288 Å². The number of carbonyl (C=O) groups excluding carboxylic acids is 4. The number of carbonyl (C=O) groups is 4. The molecular weight excluding hydrogens is 614 g/mol. The Bertz CT molecular complexity index is 1930. The van der Waals surface area contributed by atoms with Crippen LogP contribution in [0.1, 0.15) is 102 Å². The summed E-state index contributed by atoms with van der Waals surface area (Å²) in [7, 11) is 0. The van der Waals surface area contributed by atoms with Gasteiger partial charge in [-0.25, -0.2) is 4.98 Å². The normalized spacial score (nSPS) is 38.6. The van der Waals surface area contributed by atoms with E-state index in [-0.39, 0.29) is 28.8 Å². The first-order chi connectivity index (χ1) is 22.9. The third kappa shape index (κ3) is 4.28. The summed E-state index contributed by atoms with van der Waals surface area (Å²) in [5, 5.41) is 10.9. The molecule has 2 N–H and O–H groups in total. The number of amides is 1. The lowest BCUT2D eigenvalue weighted by Gasteiger charge is -2.69. The van der Waals surface area contributed by atoms with E-state index in [9.17, 15) is 24.4 Å². The molecule has 9 heteroatoms. The Morgan fingerprint density at radius 1 is 0.980 bits per heavy atom. The van der Waals surface area contributed by atoms with E-state index in [1.807, 2.05) is 19.9 Å². The highest BCUT2D eigenvalue weighted by Gasteiger charge is 2.72. The van der Waals surface area contributed by atoms with Crippen molar-refractivity contribution in [1.82, 2.24) is 14.5 Å². The van der Waals surface area contributed by atoms with Gasteiger partial charge in [0.05, 0.1) is 23.1 Å². The summed E-state index contributed by atoms with van der Waals surface area (Å²) < 4.78 is 1.50. The minimum absolute atomic E-state index is 0.00133. The van der Waals surface area contributed by atoms with E-state index in [4.69, 9.17) is 5.73 Å². The number of imidazole rings is 1. The third-order valence-electron chi connectivity index (χ3n) is 14.7. The number of allylic oxidation sites excluding steroid dienone is 4. The highest BCUT2D eigenvalue weighted by Crippen LogP contribution is 2.75. The number of nitrogens with zero attached hydrogens (tertiary/aromatic N) is 4. The number of nitriles is 1. The highest BCUT2D eigenvalue weighted by atomic mass is 16.2. The number of hydrogen-bond donors (Lipinski definition) is 1. The minimum Gasteiger partial charge on any atom is -0.366 e. The van der Waals surface area contributed by atoms with Crippen LogP contribution in [0.2, 0.25) is 0 Å². The molecule has 3 unspecified atom stereocenters. The van der Waals surface area contributed by atoms with Gasteiger partial charge in [0.15, 0.2) is 11.6 Å². The van der Waals surface area contributed by atoms with Gasteiger partial charge in [0.25, 0.3) is 0 Å². The van der Waals surface area contributed by atoms with Gasteiger partial charge >= 0.3 is 0 Å². The van der Waals surface area contributed by atoms with Crippen molar-refractivity contribution in [3.8, 4) is 17.5 Å². The van der Waals surface area contributed by atoms with Crippen molar-refractivity contribution < 1.29 is 19.2 Å². The van der Waals surface area contributed by atoms with Gasteiger partial charge in [-0.3, -0.25) is 28.7 Å². The predicted molar refractivity (Wildman–Crippen MR) is 183 cm³/mol. The molecule has 0 aromatic carbocycles. The molecule has 2 aromatic rings. The molecule has 9 nitrogen and oxygen atoms in total. The molecule has 3 saturated carbocycles. The minimum atomic E-state index is -0.946. The maximum atomic E-state index is 15.0. The van der Waals surface area contributed by atoms with Crippen molar-refractivity contribution in [2.75, 3.05) is 0 Å². The van der Waals surface area contributed by atoms with E-state index in [1.165, 1.54) is 23.2 Å². The van der Waals surface area contributed by atoms with Gasteiger partial charge in [0, 0.05) is 40.6 Å². The monoisotopic (exact) mass is 661 g/mol. The van der Waals surface area contributed by atoms with E-state index in [0.717, 1.165) is 18.4 Å². The number of primary amides is 1. The maximum absolute atomic E-state index is 15.0. The van der Waals surface area contributed by atoms with Crippen LogP contribution in [-0.4, -0.2) is 37.9 Å². The van der Waals surface area contributed by atoms with Gasteiger partial charge in [0.1, 0.15) is 12.0 Å². The first-order valence-electron chi connectivity index (χ1n) is 17.6. The zero-order chi connectivity index (χ0) is 35.5. The number of pyridine rings is 1. The zero-order valence-electron chi connectivity index (χ0n) is 29.7. The average Bonchev–Trinajstić information content (AvgIpc) is 3.54. The lowest BCUT2D eigenvalue weighted by Crippen LogP contribution is -2.67. The Morgan fingerprint density at radius 3 is 2.39 bits per heavy atom. The van der Waals surface area contributed by atoms with Crippen LogP contribution >= 0.6 is 0 Å². The Kier molecular flexibility index (Phi) is 7.08. The van der Waals surface area contributed by atoms with Crippen molar-refractivity contribution in [2.24, 2.45) is 61.9 Å². The summed E-state index contributed by atoms with van der Waals surface area (Å²) in [5.74, 6) is -2.08. The van der Waals surface area contributed by atoms with Crippen LogP contribution in [0.5, 0.6) is 0 Å². The largest absolute Gasteiger partial charge is 0.366 e. The Hall–Kier alpha value is -4.19. The van der Waals surface area contributed by atoms with Gasteiger partial charge in [-0.1, -0.05) is 60.1 Å². The summed E-state index contributed by atoms with van der Waals surface area (Å²) in [4.78, 5) is 63.7. The zero-order valence-corrected chi connectivity index (χ0v) is 29.7. The lowest BCUT2D eigenvalue weighted by molar-refractivity contribution is -0.171. The smallest absolute Gasteiger partial charge is 0.248 e. The molecule has 1 amide bonds.